The molecule has 0 aliphatic carbocycles. The van der Waals surface area contributed by atoms with Gasteiger partial charge in [0, 0.05) is 25.0 Å². The van der Waals surface area contributed by atoms with Crippen molar-refractivity contribution in [3.05, 3.63) is 0 Å². The van der Waals surface area contributed by atoms with E-state index in [0.717, 1.165) is 19.6 Å². The largest absolute Gasteiger partial charge is 0.390 e. The summed E-state index contributed by atoms with van der Waals surface area (Å²) in [7, 11) is 4.30. The van der Waals surface area contributed by atoms with Crippen LogP contribution in [0, 0.1) is 5.92 Å². The van der Waals surface area contributed by atoms with Gasteiger partial charge in [0.1, 0.15) is 0 Å². The molecular weight excluding hydrogens is 240 g/mol. The Kier molecular flexibility index (Phi) is 4.00. The Labute approximate surface area is 117 Å². The van der Waals surface area contributed by atoms with Gasteiger partial charge in [0.05, 0.1) is 17.3 Å². The molecule has 0 aromatic rings. The molecule has 4 heteroatoms. The Morgan fingerprint density at radius 1 is 1.21 bits per heavy atom. The first-order valence-corrected chi connectivity index (χ1v) is 7.40. The van der Waals surface area contributed by atoms with Crippen molar-refractivity contribution in [3.8, 4) is 0 Å². The minimum absolute atomic E-state index is 0.184. The Morgan fingerprint density at radius 2 is 1.84 bits per heavy atom. The molecule has 4 nitrogen and oxygen atoms in total. The van der Waals surface area contributed by atoms with Gasteiger partial charge in [0.15, 0.2) is 0 Å². The minimum atomic E-state index is -0.436. The highest BCUT2D eigenvalue weighted by molar-refractivity contribution is 5.03. The van der Waals surface area contributed by atoms with Gasteiger partial charge in [-0.3, -0.25) is 0 Å². The Balaban J connectivity index is 1.99. The molecule has 0 radical (unpaired) electrons. The van der Waals surface area contributed by atoms with Crippen LogP contribution in [0.25, 0.3) is 0 Å². The molecule has 0 aromatic carbocycles. The van der Waals surface area contributed by atoms with Crippen LogP contribution in [0.3, 0.4) is 0 Å². The molecule has 3 unspecified atom stereocenters. The van der Waals surface area contributed by atoms with Crippen LogP contribution in [-0.2, 0) is 4.74 Å². The molecule has 2 aliphatic heterocycles. The molecule has 2 saturated heterocycles. The average Bonchev–Trinajstić information content (AvgIpc) is 2.76. The van der Waals surface area contributed by atoms with Crippen LogP contribution in [0.4, 0.5) is 0 Å². The standard InChI is InChI=1S/C15H30N2O2/c1-14(2)12(13(18)15(3,4)19-14)10-17-8-7-11(9-17)16(5)6/h11-13,18H,7-10H2,1-6H3. The number of nitrogens with zero attached hydrogens (tertiary/aromatic N) is 2. The number of ether oxygens (including phenoxy) is 1. The van der Waals surface area contributed by atoms with Gasteiger partial charge in [-0.25, -0.2) is 0 Å². The lowest BCUT2D eigenvalue weighted by atomic mass is 9.84. The van der Waals surface area contributed by atoms with E-state index in [1.807, 2.05) is 13.8 Å². The molecule has 0 aromatic heterocycles. The van der Waals surface area contributed by atoms with Crippen molar-refractivity contribution in [3.63, 3.8) is 0 Å². The molecule has 1 N–H and O–H groups in total. The molecule has 0 saturated carbocycles. The summed E-state index contributed by atoms with van der Waals surface area (Å²) >= 11 is 0. The fraction of sp³-hybridized carbons (Fsp3) is 1.00. The number of rotatable bonds is 3. The number of hydrogen-bond acceptors (Lipinski definition) is 4. The van der Waals surface area contributed by atoms with Crippen LogP contribution < -0.4 is 0 Å². The van der Waals surface area contributed by atoms with E-state index in [-0.39, 0.29) is 17.6 Å². The van der Waals surface area contributed by atoms with Crippen LogP contribution in [-0.4, -0.2) is 72.0 Å². The molecule has 2 heterocycles. The quantitative estimate of drug-likeness (QED) is 0.835. The second kappa shape index (κ2) is 4.99. The predicted octanol–water partition coefficient (Wildman–Crippen LogP) is 1.19. The molecule has 112 valence electrons. The van der Waals surface area contributed by atoms with Crippen LogP contribution in [0.5, 0.6) is 0 Å². The maximum absolute atomic E-state index is 10.5. The summed E-state index contributed by atoms with van der Waals surface area (Å²) in [6, 6.07) is 0.649. The first-order chi connectivity index (χ1) is 8.63. The highest BCUT2D eigenvalue weighted by Crippen LogP contribution is 2.42. The van der Waals surface area contributed by atoms with Gasteiger partial charge in [0.2, 0.25) is 0 Å². The monoisotopic (exact) mass is 270 g/mol. The summed E-state index contributed by atoms with van der Waals surface area (Å²) in [4.78, 5) is 4.78. The number of likely N-dealkylation sites (N-methyl/N-ethyl adjacent to an activating group) is 1. The molecule has 0 spiro atoms. The maximum atomic E-state index is 10.5. The number of hydrogen-bond donors (Lipinski definition) is 1. The third-order valence-corrected chi connectivity index (χ3v) is 4.95. The first-order valence-electron chi connectivity index (χ1n) is 7.40. The second-order valence-corrected chi connectivity index (χ2v) is 7.53. The van der Waals surface area contributed by atoms with E-state index < -0.39 is 5.60 Å². The zero-order chi connectivity index (χ0) is 14.4. The number of likely N-dealkylation sites (tertiary alicyclic amines) is 1. The van der Waals surface area contributed by atoms with Crippen molar-refractivity contribution in [2.45, 2.75) is 57.5 Å². The lowest BCUT2D eigenvalue weighted by Gasteiger charge is -2.31. The van der Waals surface area contributed by atoms with Crippen LogP contribution in [0.2, 0.25) is 0 Å². The van der Waals surface area contributed by atoms with Crippen molar-refractivity contribution in [1.82, 2.24) is 9.80 Å². The van der Waals surface area contributed by atoms with E-state index in [1.165, 1.54) is 6.42 Å². The number of aliphatic hydroxyl groups is 1. The molecule has 0 bridgehead atoms. The summed E-state index contributed by atoms with van der Waals surface area (Å²) in [6.45, 7) is 11.4. The van der Waals surface area contributed by atoms with Crippen molar-refractivity contribution in [2.24, 2.45) is 5.92 Å². The van der Waals surface area contributed by atoms with Crippen molar-refractivity contribution in [1.29, 1.82) is 0 Å². The van der Waals surface area contributed by atoms with E-state index in [4.69, 9.17) is 4.74 Å². The molecule has 0 amide bonds. The smallest absolute Gasteiger partial charge is 0.0896 e. The summed E-state index contributed by atoms with van der Waals surface area (Å²) in [5, 5.41) is 10.5. The molecule has 2 fully saturated rings. The fourth-order valence-electron chi connectivity index (χ4n) is 3.68. The summed E-state index contributed by atoms with van der Waals surface area (Å²) < 4.78 is 6.06. The van der Waals surface area contributed by atoms with Crippen LogP contribution in [0.15, 0.2) is 0 Å². The average molecular weight is 270 g/mol. The van der Waals surface area contributed by atoms with E-state index in [0.29, 0.717) is 6.04 Å². The SMILES string of the molecule is CN(C)C1CCN(CC2C(O)C(C)(C)OC2(C)C)C1. The zero-order valence-electron chi connectivity index (χ0n) is 13.3. The summed E-state index contributed by atoms with van der Waals surface area (Å²) in [5.41, 5.74) is -0.687. The van der Waals surface area contributed by atoms with Gasteiger partial charge in [-0.2, -0.15) is 0 Å². The highest BCUT2D eigenvalue weighted by atomic mass is 16.5. The molecule has 2 rings (SSSR count). The summed E-state index contributed by atoms with van der Waals surface area (Å²) in [5.74, 6) is 0.184. The van der Waals surface area contributed by atoms with E-state index in [2.05, 4.69) is 37.7 Å². The third-order valence-electron chi connectivity index (χ3n) is 4.95. The lowest BCUT2D eigenvalue weighted by molar-refractivity contribution is -0.0912. The van der Waals surface area contributed by atoms with Crippen molar-refractivity contribution < 1.29 is 9.84 Å². The Hall–Kier alpha value is -0.160. The van der Waals surface area contributed by atoms with Crippen LogP contribution in [0.1, 0.15) is 34.1 Å². The molecule has 19 heavy (non-hydrogen) atoms. The van der Waals surface area contributed by atoms with Gasteiger partial charge in [-0.05, 0) is 54.8 Å². The second-order valence-electron chi connectivity index (χ2n) is 7.53. The lowest BCUT2D eigenvalue weighted by Crippen LogP contribution is -2.43. The first kappa shape index (κ1) is 15.2. The van der Waals surface area contributed by atoms with E-state index >= 15 is 0 Å². The van der Waals surface area contributed by atoms with Crippen molar-refractivity contribution >= 4 is 0 Å². The van der Waals surface area contributed by atoms with Gasteiger partial charge in [0.25, 0.3) is 0 Å². The summed E-state index contributed by atoms with van der Waals surface area (Å²) in [6.07, 6.45) is 0.835. The molecule has 2 aliphatic rings. The highest BCUT2D eigenvalue weighted by Gasteiger charge is 2.53. The van der Waals surface area contributed by atoms with Crippen LogP contribution >= 0.6 is 0 Å². The maximum Gasteiger partial charge on any atom is 0.0896 e. The van der Waals surface area contributed by atoms with E-state index in [9.17, 15) is 5.11 Å². The van der Waals surface area contributed by atoms with Gasteiger partial charge in [-0.15, -0.1) is 0 Å². The Morgan fingerprint density at radius 3 is 2.26 bits per heavy atom. The van der Waals surface area contributed by atoms with Gasteiger partial charge in [-0.1, -0.05) is 0 Å². The molecular formula is C15H30N2O2. The predicted molar refractivity (Wildman–Crippen MR) is 77.3 cm³/mol. The fourth-order valence-corrected chi connectivity index (χ4v) is 3.68. The van der Waals surface area contributed by atoms with E-state index in [1.54, 1.807) is 0 Å². The van der Waals surface area contributed by atoms with Crippen molar-refractivity contribution in [2.75, 3.05) is 33.7 Å². The number of aliphatic hydroxyl groups excluding tert-OH is 1. The topological polar surface area (TPSA) is 35.9 Å². The normalized spacial score (nSPS) is 38.2. The Bertz CT molecular complexity index is 328. The minimum Gasteiger partial charge on any atom is -0.390 e. The molecule has 3 atom stereocenters. The van der Waals surface area contributed by atoms with Gasteiger partial charge >= 0.3 is 0 Å². The van der Waals surface area contributed by atoms with Gasteiger partial charge < -0.3 is 19.6 Å². The third kappa shape index (κ3) is 2.97. The zero-order valence-corrected chi connectivity index (χ0v) is 13.3.